The van der Waals surface area contributed by atoms with Gasteiger partial charge in [-0.15, -0.1) is 0 Å². The van der Waals surface area contributed by atoms with E-state index in [0.717, 1.165) is 6.07 Å². The molecule has 0 radical (unpaired) electrons. The van der Waals surface area contributed by atoms with Crippen LogP contribution in [-0.4, -0.2) is 9.78 Å². The number of aromatic nitrogens is 2. The van der Waals surface area contributed by atoms with Crippen LogP contribution in [0.1, 0.15) is 16.7 Å². The Morgan fingerprint density at radius 2 is 1.73 bits per heavy atom. The summed E-state index contributed by atoms with van der Waals surface area (Å²) in [4.78, 5) is 0. The Morgan fingerprint density at radius 1 is 1.05 bits per heavy atom. The molecule has 0 aliphatic rings. The van der Waals surface area contributed by atoms with Crippen LogP contribution in [0.4, 0.5) is 32.0 Å². The Morgan fingerprint density at radius 3 is 2.23 bits per heavy atom. The minimum absolute atomic E-state index is 0.0750. The number of hydrogen-bond donors (Lipinski definition) is 1. The highest BCUT2D eigenvalue weighted by atomic mass is 19.4. The first-order valence-electron chi connectivity index (χ1n) is 6.12. The van der Waals surface area contributed by atoms with E-state index in [2.05, 4.69) is 5.10 Å². The van der Waals surface area contributed by atoms with Gasteiger partial charge in [-0.2, -0.15) is 31.4 Å². The molecule has 1 heterocycles. The van der Waals surface area contributed by atoms with E-state index >= 15 is 0 Å². The number of nitrogens with zero attached hydrogens (tertiary/aromatic N) is 2. The number of rotatable bonds is 3. The van der Waals surface area contributed by atoms with Crippen LogP contribution in [-0.2, 0) is 25.3 Å². The van der Waals surface area contributed by atoms with Gasteiger partial charge < -0.3 is 5.73 Å². The highest BCUT2D eigenvalue weighted by Crippen LogP contribution is 2.37. The van der Waals surface area contributed by atoms with Crippen LogP contribution in [0.25, 0.3) is 0 Å². The van der Waals surface area contributed by atoms with Gasteiger partial charge in [-0.1, -0.05) is 6.07 Å². The van der Waals surface area contributed by atoms with Gasteiger partial charge in [0.2, 0.25) is 0 Å². The average Bonchev–Trinajstić information content (AvgIpc) is 2.80. The van der Waals surface area contributed by atoms with Gasteiger partial charge in [-0.05, 0) is 24.1 Å². The van der Waals surface area contributed by atoms with E-state index < -0.39 is 23.5 Å². The molecule has 0 saturated heterocycles. The summed E-state index contributed by atoms with van der Waals surface area (Å²) in [7, 11) is 0. The molecule has 0 atom stereocenters. The zero-order valence-electron chi connectivity index (χ0n) is 11.0. The fourth-order valence-corrected chi connectivity index (χ4v) is 1.97. The Hall–Kier alpha value is -2.19. The number of benzene rings is 1. The fourth-order valence-electron chi connectivity index (χ4n) is 1.97. The largest absolute Gasteiger partial charge is 0.416 e. The maximum Gasteiger partial charge on any atom is 0.416 e. The molecule has 0 amide bonds. The minimum Gasteiger partial charge on any atom is -0.396 e. The summed E-state index contributed by atoms with van der Waals surface area (Å²) < 4.78 is 77.8. The van der Waals surface area contributed by atoms with Crippen LogP contribution >= 0.6 is 0 Å². The quantitative estimate of drug-likeness (QED) is 0.875. The van der Waals surface area contributed by atoms with E-state index in [9.17, 15) is 26.3 Å². The summed E-state index contributed by atoms with van der Waals surface area (Å²) in [5.41, 5.74) is 2.93. The average molecular weight is 323 g/mol. The van der Waals surface area contributed by atoms with Crippen LogP contribution in [0.3, 0.4) is 0 Å². The van der Waals surface area contributed by atoms with E-state index in [1.54, 1.807) is 0 Å². The number of hydrogen-bond acceptors (Lipinski definition) is 2. The smallest absolute Gasteiger partial charge is 0.396 e. The molecule has 0 aliphatic heterocycles. The molecule has 2 rings (SSSR count). The first kappa shape index (κ1) is 16.2. The van der Waals surface area contributed by atoms with Crippen molar-refractivity contribution < 1.29 is 26.3 Å². The van der Waals surface area contributed by atoms with Crippen molar-refractivity contribution in [1.29, 1.82) is 0 Å². The Balaban J connectivity index is 2.30. The van der Waals surface area contributed by atoms with Crippen LogP contribution in [0.2, 0.25) is 0 Å². The molecule has 0 aliphatic carbocycles. The lowest BCUT2D eigenvalue weighted by Crippen LogP contribution is -2.14. The summed E-state index contributed by atoms with van der Waals surface area (Å²) in [5.74, 6) is 0. The molecule has 0 unspecified atom stereocenters. The van der Waals surface area contributed by atoms with Crippen molar-refractivity contribution in [3.05, 3.63) is 47.3 Å². The van der Waals surface area contributed by atoms with E-state index in [1.165, 1.54) is 17.1 Å². The molecule has 120 valence electrons. The molecule has 0 saturated carbocycles. The van der Waals surface area contributed by atoms with Crippen molar-refractivity contribution in [2.75, 3.05) is 5.73 Å². The third-order valence-electron chi connectivity index (χ3n) is 3.01. The number of halogens is 6. The van der Waals surface area contributed by atoms with E-state index in [1.807, 2.05) is 0 Å². The summed E-state index contributed by atoms with van der Waals surface area (Å²) in [6.45, 7) is 0.0750. The Bertz CT molecular complexity index is 657. The third kappa shape index (κ3) is 3.71. The van der Waals surface area contributed by atoms with Gasteiger partial charge in [0.25, 0.3) is 0 Å². The minimum atomic E-state index is -4.86. The Kier molecular flexibility index (Phi) is 4.08. The molecule has 1 aromatic heterocycles. The van der Waals surface area contributed by atoms with Gasteiger partial charge in [0.05, 0.1) is 23.0 Å². The molecule has 2 N–H and O–H groups in total. The van der Waals surface area contributed by atoms with Crippen LogP contribution in [0.5, 0.6) is 0 Å². The molecule has 0 spiro atoms. The van der Waals surface area contributed by atoms with Crippen molar-refractivity contribution in [3.63, 3.8) is 0 Å². The number of nitrogen functional groups attached to an aromatic ring is 1. The van der Waals surface area contributed by atoms with Crippen molar-refractivity contribution in [1.82, 2.24) is 9.78 Å². The summed E-state index contributed by atoms with van der Waals surface area (Å²) in [5, 5.41) is 3.81. The standard InChI is InChI=1S/C13H11F6N3/c14-12(15,16)9-2-1-8(11(5-9)13(17,18)19)3-4-22-7-10(20)6-21-22/h1-2,5-7H,3-4,20H2. The van der Waals surface area contributed by atoms with Gasteiger partial charge in [-0.3, -0.25) is 4.68 Å². The molecular formula is C13H11F6N3. The number of nitrogens with two attached hydrogens (primary N) is 1. The predicted molar refractivity (Wildman–Crippen MR) is 66.8 cm³/mol. The molecule has 0 fully saturated rings. The summed E-state index contributed by atoms with van der Waals surface area (Å²) in [6, 6.07) is 1.62. The maximum atomic E-state index is 12.9. The van der Waals surface area contributed by atoms with E-state index in [0.29, 0.717) is 11.8 Å². The highest BCUT2D eigenvalue weighted by Gasteiger charge is 2.37. The fraction of sp³-hybridized carbons (Fsp3) is 0.308. The predicted octanol–water partition coefficient (Wildman–Crippen LogP) is 3.75. The van der Waals surface area contributed by atoms with Crippen LogP contribution < -0.4 is 5.73 Å². The normalized spacial score (nSPS) is 12.6. The van der Waals surface area contributed by atoms with E-state index in [-0.39, 0.29) is 24.6 Å². The second-order valence-corrected chi connectivity index (χ2v) is 4.65. The molecule has 0 bridgehead atoms. The van der Waals surface area contributed by atoms with Crippen molar-refractivity contribution in [2.45, 2.75) is 25.3 Å². The number of alkyl halides is 6. The van der Waals surface area contributed by atoms with Crippen molar-refractivity contribution in [3.8, 4) is 0 Å². The van der Waals surface area contributed by atoms with Gasteiger partial charge in [0, 0.05) is 12.7 Å². The number of anilines is 1. The maximum absolute atomic E-state index is 12.9. The second-order valence-electron chi connectivity index (χ2n) is 4.65. The first-order chi connectivity index (χ1) is 10.1. The lowest BCUT2D eigenvalue weighted by molar-refractivity contribution is -0.143. The van der Waals surface area contributed by atoms with Gasteiger partial charge in [0.1, 0.15) is 0 Å². The molecule has 22 heavy (non-hydrogen) atoms. The van der Waals surface area contributed by atoms with Gasteiger partial charge in [0.15, 0.2) is 0 Å². The lowest BCUT2D eigenvalue weighted by Gasteiger charge is -2.16. The second kappa shape index (κ2) is 5.54. The molecular weight excluding hydrogens is 312 g/mol. The van der Waals surface area contributed by atoms with Gasteiger partial charge >= 0.3 is 12.4 Å². The molecule has 9 heteroatoms. The zero-order valence-corrected chi connectivity index (χ0v) is 11.0. The van der Waals surface area contributed by atoms with Crippen molar-refractivity contribution in [2.24, 2.45) is 0 Å². The monoisotopic (exact) mass is 323 g/mol. The summed E-state index contributed by atoms with van der Waals surface area (Å²) in [6.07, 6.45) is -7.04. The summed E-state index contributed by atoms with van der Waals surface area (Å²) >= 11 is 0. The van der Waals surface area contributed by atoms with E-state index in [4.69, 9.17) is 5.73 Å². The highest BCUT2D eigenvalue weighted by molar-refractivity contribution is 5.36. The first-order valence-corrected chi connectivity index (χ1v) is 6.12. The van der Waals surface area contributed by atoms with Crippen LogP contribution in [0, 0.1) is 0 Å². The SMILES string of the molecule is Nc1cnn(CCc2ccc(C(F)(F)F)cc2C(F)(F)F)c1. The van der Waals surface area contributed by atoms with Crippen LogP contribution in [0.15, 0.2) is 30.6 Å². The van der Waals surface area contributed by atoms with Gasteiger partial charge in [-0.25, -0.2) is 0 Å². The topological polar surface area (TPSA) is 43.8 Å². The zero-order chi connectivity index (χ0) is 16.5. The molecule has 1 aromatic carbocycles. The molecule has 2 aromatic rings. The molecule has 3 nitrogen and oxygen atoms in total. The Labute approximate surface area is 121 Å². The third-order valence-corrected chi connectivity index (χ3v) is 3.01. The lowest BCUT2D eigenvalue weighted by atomic mass is 10.0. The van der Waals surface area contributed by atoms with Crippen molar-refractivity contribution >= 4 is 5.69 Å². The number of aryl methyl sites for hydroxylation is 2.